The van der Waals surface area contributed by atoms with Crippen LogP contribution in [0.15, 0.2) is 47.4 Å². The number of sulfonamides is 1. The fourth-order valence-corrected chi connectivity index (χ4v) is 4.81. The molecule has 1 amide bonds. The average Bonchev–Trinajstić information content (AvgIpc) is 2.78. The third-order valence-electron chi connectivity index (χ3n) is 5.21. The summed E-state index contributed by atoms with van der Waals surface area (Å²) in [5, 5.41) is 2.74. The molecule has 0 saturated heterocycles. The van der Waals surface area contributed by atoms with E-state index >= 15 is 0 Å². The quantitative estimate of drug-likeness (QED) is 0.515. The minimum atomic E-state index is -4.05. The highest BCUT2D eigenvalue weighted by atomic mass is 32.2. The number of anilines is 1. The number of halogens is 1. The normalized spacial score (nSPS) is 11.7. The molecule has 0 aromatic heterocycles. The van der Waals surface area contributed by atoms with Gasteiger partial charge in [-0.1, -0.05) is 39.8 Å². The summed E-state index contributed by atoms with van der Waals surface area (Å²) < 4.78 is 46.9. The Balaban J connectivity index is 2.22. The van der Waals surface area contributed by atoms with Gasteiger partial charge in [0, 0.05) is 25.2 Å². The van der Waals surface area contributed by atoms with Gasteiger partial charge in [0.05, 0.1) is 5.69 Å². The number of amides is 1. The topological polar surface area (TPSA) is 79.0 Å². The Hall–Kier alpha value is -2.49. The Morgan fingerprint density at radius 1 is 1.00 bits per heavy atom. The van der Waals surface area contributed by atoms with E-state index in [1.54, 1.807) is 38.1 Å². The highest BCUT2D eigenvalue weighted by molar-refractivity contribution is 7.89. The highest BCUT2D eigenvalue weighted by Gasteiger charge is 2.26. The van der Waals surface area contributed by atoms with Gasteiger partial charge in [-0.2, -0.15) is 4.31 Å². The molecule has 9 heteroatoms. The Morgan fingerprint density at radius 3 is 2.28 bits per heavy atom. The predicted molar refractivity (Wildman–Crippen MR) is 124 cm³/mol. The van der Waals surface area contributed by atoms with E-state index in [-0.39, 0.29) is 18.7 Å². The van der Waals surface area contributed by atoms with Crippen LogP contribution in [0.2, 0.25) is 0 Å². The van der Waals surface area contributed by atoms with Crippen molar-refractivity contribution in [1.82, 2.24) is 9.21 Å². The van der Waals surface area contributed by atoms with E-state index in [2.05, 4.69) is 24.1 Å². The molecule has 0 bridgehead atoms. The second-order valence-electron chi connectivity index (χ2n) is 7.06. The molecule has 2 rings (SSSR count). The molecule has 0 heterocycles. The number of rotatable bonds is 12. The van der Waals surface area contributed by atoms with Gasteiger partial charge in [0.2, 0.25) is 10.0 Å². The van der Waals surface area contributed by atoms with Crippen LogP contribution in [0.5, 0.6) is 5.75 Å². The van der Waals surface area contributed by atoms with E-state index in [4.69, 9.17) is 4.74 Å². The number of hydrogen-bond acceptors (Lipinski definition) is 5. The van der Waals surface area contributed by atoms with Crippen molar-refractivity contribution in [1.29, 1.82) is 0 Å². The minimum absolute atomic E-state index is 0.0371. The molecule has 0 radical (unpaired) electrons. The molecule has 0 aliphatic rings. The fraction of sp³-hybridized carbons (Fsp3) is 0.435. The number of nitrogens with zero attached hydrogens (tertiary/aromatic N) is 2. The molecule has 176 valence electrons. The monoisotopic (exact) mass is 465 g/mol. The number of likely N-dealkylation sites (N-methyl/N-ethyl adjacent to an activating group) is 1. The van der Waals surface area contributed by atoms with Crippen LogP contribution in [-0.2, 0) is 10.0 Å². The maximum absolute atomic E-state index is 14.4. The lowest BCUT2D eigenvalue weighted by atomic mass is 10.2. The lowest BCUT2D eigenvalue weighted by molar-refractivity contribution is 0.102. The molecule has 0 aliphatic carbocycles. The maximum Gasteiger partial charge on any atom is 0.255 e. The number of benzene rings is 2. The number of ether oxygens (including phenoxy) is 1. The second kappa shape index (κ2) is 11.9. The van der Waals surface area contributed by atoms with E-state index in [0.717, 1.165) is 36.1 Å². The summed E-state index contributed by atoms with van der Waals surface area (Å²) in [6.07, 6.45) is 0. The van der Waals surface area contributed by atoms with Gasteiger partial charge in [0.25, 0.3) is 5.91 Å². The van der Waals surface area contributed by atoms with Gasteiger partial charge in [0.15, 0.2) is 0 Å². The van der Waals surface area contributed by atoms with E-state index in [0.29, 0.717) is 18.0 Å². The van der Waals surface area contributed by atoms with Crippen molar-refractivity contribution in [3.8, 4) is 5.75 Å². The molecule has 2 aromatic carbocycles. The lowest BCUT2D eigenvalue weighted by Gasteiger charge is -2.20. The van der Waals surface area contributed by atoms with Gasteiger partial charge in [-0.05, 0) is 43.4 Å². The van der Waals surface area contributed by atoms with Crippen molar-refractivity contribution in [2.24, 2.45) is 0 Å². The minimum Gasteiger partial charge on any atom is -0.490 e. The van der Waals surface area contributed by atoms with Crippen molar-refractivity contribution in [3.63, 3.8) is 0 Å². The number of carbonyl (C=O) groups excluding carboxylic acids is 1. The first-order chi connectivity index (χ1) is 15.3. The van der Waals surface area contributed by atoms with Crippen molar-refractivity contribution in [2.45, 2.75) is 32.6 Å². The first kappa shape index (κ1) is 25.8. The highest BCUT2D eigenvalue weighted by Crippen LogP contribution is 2.26. The van der Waals surface area contributed by atoms with Gasteiger partial charge in [-0.15, -0.1) is 0 Å². The molecule has 0 saturated carbocycles. The molecule has 0 spiro atoms. The van der Waals surface area contributed by atoms with Crippen molar-refractivity contribution < 1.29 is 22.3 Å². The summed E-state index contributed by atoms with van der Waals surface area (Å²) in [6, 6.07) is 10.3. The number of para-hydroxylation sites is 2. The summed E-state index contributed by atoms with van der Waals surface area (Å²) in [5.74, 6) is -0.944. The summed E-state index contributed by atoms with van der Waals surface area (Å²) in [7, 11) is -4.05. The molecule has 0 aliphatic heterocycles. The van der Waals surface area contributed by atoms with Crippen molar-refractivity contribution in [2.75, 3.05) is 44.6 Å². The van der Waals surface area contributed by atoms with Crippen molar-refractivity contribution in [3.05, 3.63) is 53.8 Å². The lowest BCUT2D eigenvalue weighted by Crippen LogP contribution is -2.31. The van der Waals surface area contributed by atoms with Crippen LogP contribution in [0, 0.1) is 5.82 Å². The van der Waals surface area contributed by atoms with Gasteiger partial charge in [-0.3, -0.25) is 4.79 Å². The number of hydrogen-bond donors (Lipinski definition) is 1. The van der Waals surface area contributed by atoms with Crippen LogP contribution in [0.25, 0.3) is 0 Å². The van der Waals surface area contributed by atoms with Gasteiger partial charge >= 0.3 is 0 Å². The molecule has 2 aromatic rings. The Morgan fingerprint density at radius 2 is 1.66 bits per heavy atom. The number of carbonyl (C=O) groups is 1. The maximum atomic E-state index is 14.4. The van der Waals surface area contributed by atoms with Crippen molar-refractivity contribution >= 4 is 21.6 Å². The second-order valence-corrected chi connectivity index (χ2v) is 8.97. The SMILES string of the molecule is CCN(CC)CCOc1ccccc1NC(=O)c1ccc(F)c(S(=O)(=O)N(CC)CC)c1. The first-order valence-corrected chi connectivity index (χ1v) is 12.3. The van der Waals surface area contributed by atoms with E-state index in [9.17, 15) is 17.6 Å². The Kier molecular flexibility index (Phi) is 9.61. The van der Waals surface area contributed by atoms with Crippen LogP contribution in [0.3, 0.4) is 0 Å². The molecule has 0 atom stereocenters. The van der Waals surface area contributed by atoms with Crippen LogP contribution >= 0.6 is 0 Å². The Labute approximate surface area is 190 Å². The molecular formula is C23H32FN3O4S. The Bertz CT molecular complexity index is 1010. The van der Waals surface area contributed by atoms with Crippen LogP contribution in [-0.4, -0.2) is 62.9 Å². The standard InChI is InChI=1S/C23H32FN3O4S/c1-5-26(6-2)15-16-31-21-12-10-9-11-20(21)25-23(28)18-13-14-19(24)22(17-18)32(29,30)27(7-3)8-4/h9-14,17H,5-8,15-16H2,1-4H3,(H,25,28). The summed E-state index contributed by atoms with van der Waals surface area (Å²) in [4.78, 5) is 14.5. The summed E-state index contributed by atoms with van der Waals surface area (Å²) in [6.45, 7) is 10.9. The van der Waals surface area contributed by atoms with Gasteiger partial charge in [0.1, 0.15) is 23.1 Å². The smallest absolute Gasteiger partial charge is 0.255 e. The largest absolute Gasteiger partial charge is 0.490 e. The van der Waals surface area contributed by atoms with Crippen LogP contribution in [0.1, 0.15) is 38.1 Å². The molecule has 1 N–H and O–H groups in total. The summed E-state index contributed by atoms with van der Waals surface area (Å²) in [5.41, 5.74) is 0.490. The average molecular weight is 466 g/mol. The zero-order valence-corrected chi connectivity index (χ0v) is 19.9. The van der Waals surface area contributed by atoms with E-state index < -0.39 is 26.6 Å². The first-order valence-electron chi connectivity index (χ1n) is 10.8. The van der Waals surface area contributed by atoms with E-state index in [1.807, 2.05) is 0 Å². The third kappa shape index (κ3) is 6.27. The van der Waals surface area contributed by atoms with Crippen LogP contribution in [0.4, 0.5) is 10.1 Å². The molecular weight excluding hydrogens is 433 g/mol. The van der Waals surface area contributed by atoms with Crippen LogP contribution < -0.4 is 10.1 Å². The zero-order valence-electron chi connectivity index (χ0n) is 19.1. The zero-order chi connectivity index (χ0) is 23.7. The molecule has 0 unspecified atom stereocenters. The van der Waals surface area contributed by atoms with Gasteiger partial charge in [-0.25, -0.2) is 12.8 Å². The molecule has 0 fully saturated rings. The summed E-state index contributed by atoms with van der Waals surface area (Å²) >= 11 is 0. The molecule has 7 nitrogen and oxygen atoms in total. The molecule has 32 heavy (non-hydrogen) atoms. The fourth-order valence-electron chi connectivity index (χ4n) is 3.26. The van der Waals surface area contributed by atoms with Gasteiger partial charge < -0.3 is 15.0 Å². The predicted octanol–water partition coefficient (Wildman–Crippen LogP) is 3.83. The van der Waals surface area contributed by atoms with E-state index in [1.165, 1.54) is 6.07 Å². The third-order valence-corrected chi connectivity index (χ3v) is 7.28. The number of nitrogens with one attached hydrogen (secondary N) is 1.